The van der Waals surface area contributed by atoms with Crippen LogP contribution in [0.5, 0.6) is 0 Å². The van der Waals surface area contributed by atoms with Crippen LogP contribution in [-0.2, 0) is 14.3 Å². The molecule has 1 atom stereocenters. The number of benzene rings is 2. The number of ether oxygens (including phenoxy) is 2. The summed E-state index contributed by atoms with van der Waals surface area (Å²) in [6, 6.07) is 14.2. The first-order valence-electron chi connectivity index (χ1n) is 10.4. The molecule has 1 aliphatic rings. The van der Waals surface area contributed by atoms with E-state index >= 15 is 0 Å². The first-order valence-corrected chi connectivity index (χ1v) is 10.4. The first-order chi connectivity index (χ1) is 14.4. The summed E-state index contributed by atoms with van der Waals surface area (Å²) in [6.45, 7) is 6.48. The van der Waals surface area contributed by atoms with Crippen LogP contribution in [0.1, 0.15) is 33.6 Å². The molecule has 0 spiro atoms. The normalized spacial score (nSPS) is 18.1. The Morgan fingerprint density at radius 2 is 1.90 bits per heavy atom. The highest BCUT2D eigenvalue weighted by atomic mass is 16.5. The van der Waals surface area contributed by atoms with Crippen molar-refractivity contribution in [3.63, 3.8) is 0 Å². The van der Waals surface area contributed by atoms with Gasteiger partial charge in [0, 0.05) is 18.1 Å². The predicted molar refractivity (Wildman–Crippen MR) is 119 cm³/mol. The van der Waals surface area contributed by atoms with E-state index in [1.165, 1.54) is 0 Å². The molecule has 0 heterocycles. The lowest BCUT2D eigenvalue weighted by atomic mass is 9.83. The lowest BCUT2D eigenvalue weighted by Gasteiger charge is -2.35. The standard InChI is InChI=1S/C25H29NO4/c1-5-6-17-29-22-23(27)25(28,24(22)30-18(2)3)15-10-16-26(4)21-14-9-12-19-11-7-8-13-20(19)21/h7-9,11-14,18,28H,5-6,16-17H2,1-4H3. The minimum Gasteiger partial charge on any atom is -0.487 e. The Balaban J connectivity index is 1.79. The summed E-state index contributed by atoms with van der Waals surface area (Å²) in [5.41, 5.74) is -0.905. The molecule has 0 amide bonds. The van der Waals surface area contributed by atoms with Crippen molar-refractivity contribution >= 4 is 22.2 Å². The van der Waals surface area contributed by atoms with E-state index in [9.17, 15) is 9.90 Å². The zero-order chi connectivity index (χ0) is 21.7. The Kier molecular flexibility index (Phi) is 6.69. The third-order valence-corrected chi connectivity index (χ3v) is 4.93. The Bertz CT molecular complexity index is 1010. The maximum atomic E-state index is 12.6. The van der Waals surface area contributed by atoms with Gasteiger partial charge in [0.05, 0.1) is 19.3 Å². The van der Waals surface area contributed by atoms with Gasteiger partial charge in [0.15, 0.2) is 5.76 Å². The van der Waals surface area contributed by atoms with Gasteiger partial charge < -0.3 is 19.5 Å². The molecule has 0 saturated carbocycles. The number of hydrogen-bond acceptors (Lipinski definition) is 5. The summed E-state index contributed by atoms with van der Waals surface area (Å²) in [4.78, 5) is 14.6. The van der Waals surface area contributed by atoms with Gasteiger partial charge in [-0.25, -0.2) is 0 Å². The minimum absolute atomic E-state index is 0.0938. The van der Waals surface area contributed by atoms with Gasteiger partial charge in [-0.1, -0.05) is 55.7 Å². The SMILES string of the molecule is CCCCOC1=C(OC(C)C)C(O)(C#CCN(C)c2cccc3ccccc23)C1=O. The van der Waals surface area contributed by atoms with E-state index in [-0.39, 0.29) is 17.6 Å². The van der Waals surface area contributed by atoms with E-state index in [1.807, 2.05) is 57.0 Å². The number of unbranched alkanes of at least 4 members (excludes halogenated alkanes) is 1. The van der Waals surface area contributed by atoms with Crippen LogP contribution >= 0.6 is 0 Å². The molecular weight excluding hydrogens is 378 g/mol. The van der Waals surface area contributed by atoms with E-state index in [2.05, 4.69) is 30.0 Å². The van der Waals surface area contributed by atoms with Crippen molar-refractivity contribution in [3.05, 3.63) is 54.0 Å². The smallest absolute Gasteiger partial charge is 0.254 e. The van der Waals surface area contributed by atoms with Crippen molar-refractivity contribution < 1.29 is 19.4 Å². The molecule has 0 saturated heterocycles. The highest BCUT2D eigenvalue weighted by Gasteiger charge is 2.56. The van der Waals surface area contributed by atoms with Crippen LogP contribution < -0.4 is 4.90 Å². The topological polar surface area (TPSA) is 59.0 Å². The summed E-state index contributed by atoms with van der Waals surface area (Å²) in [5, 5.41) is 13.1. The van der Waals surface area contributed by atoms with Gasteiger partial charge >= 0.3 is 0 Å². The number of Topliss-reactive ketones (excluding diaryl/α,β-unsaturated/α-hetero) is 1. The Labute approximate surface area is 178 Å². The average molecular weight is 408 g/mol. The number of rotatable bonds is 8. The van der Waals surface area contributed by atoms with Gasteiger partial charge in [-0.3, -0.25) is 4.79 Å². The molecule has 0 fully saturated rings. The lowest BCUT2D eigenvalue weighted by Crippen LogP contribution is -2.52. The molecular formula is C25H29NO4. The van der Waals surface area contributed by atoms with Gasteiger partial charge in [-0.2, -0.15) is 0 Å². The number of anilines is 1. The van der Waals surface area contributed by atoms with E-state index < -0.39 is 11.4 Å². The van der Waals surface area contributed by atoms with Crippen molar-refractivity contribution in [1.82, 2.24) is 0 Å². The van der Waals surface area contributed by atoms with E-state index in [0.29, 0.717) is 13.2 Å². The molecule has 2 aromatic carbocycles. The molecule has 30 heavy (non-hydrogen) atoms. The van der Waals surface area contributed by atoms with Crippen LogP contribution in [0, 0.1) is 11.8 Å². The summed E-state index contributed by atoms with van der Waals surface area (Å²) < 4.78 is 11.2. The van der Waals surface area contributed by atoms with E-state index in [1.54, 1.807) is 0 Å². The number of carbonyl (C=O) groups is 1. The predicted octanol–water partition coefficient (Wildman–Crippen LogP) is 4.05. The third kappa shape index (κ3) is 4.29. The van der Waals surface area contributed by atoms with Gasteiger partial charge in [0.1, 0.15) is 0 Å². The largest absolute Gasteiger partial charge is 0.487 e. The Morgan fingerprint density at radius 3 is 2.63 bits per heavy atom. The van der Waals surface area contributed by atoms with Crippen molar-refractivity contribution in [1.29, 1.82) is 0 Å². The number of carbonyl (C=O) groups excluding carboxylic acids is 1. The zero-order valence-electron chi connectivity index (χ0n) is 18.1. The summed E-state index contributed by atoms with van der Waals surface area (Å²) >= 11 is 0. The van der Waals surface area contributed by atoms with Gasteiger partial charge in [0.2, 0.25) is 5.76 Å². The van der Waals surface area contributed by atoms with Crippen molar-refractivity contribution in [2.75, 3.05) is 25.1 Å². The summed E-state index contributed by atoms with van der Waals surface area (Å²) in [6.07, 6.45) is 1.57. The fourth-order valence-corrected chi connectivity index (χ4v) is 3.32. The van der Waals surface area contributed by atoms with E-state index in [0.717, 1.165) is 29.3 Å². The third-order valence-electron chi connectivity index (χ3n) is 4.93. The number of hydrogen-bond donors (Lipinski definition) is 1. The zero-order valence-corrected chi connectivity index (χ0v) is 18.1. The number of nitrogens with zero attached hydrogens (tertiary/aromatic N) is 1. The van der Waals surface area contributed by atoms with Crippen LogP contribution in [0.3, 0.4) is 0 Å². The Morgan fingerprint density at radius 1 is 1.17 bits per heavy atom. The van der Waals surface area contributed by atoms with Gasteiger partial charge in [-0.15, -0.1) is 0 Å². The van der Waals surface area contributed by atoms with Crippen molar-refractivity contribution in [2.45, 2.75) is 45.3 Å². The molecule has 1 N–H and O–H groups in total. The van der Waals surface area contributed by atoms with Crippen molar-refractivity contribution in [3.8, 4) is 11.8 Å². The molecule has 0 radical (unpaired) electrons. The summed E-state index contributed by atoms with van der Waals surface area (Å²) in [5.74, 6) is 5.35. The second kappa shape index (κ2) is 9.23. The van der Waals surface area contributed by atoms with Crippen LogP contribution in [0.25, 0.3) is 10.8 Å². The number of ketones is 1. The van der Waals surface area contributed by atoms with Crippen molar-refractivity contribution in [2.24, 2.45) is 0 Å². The quantitative estimate of drug-likeness (QED) is 0.529. The second-order valence-corrected chi connectivity index (χ2v) is 7.72. The number of fused-ring (bicyclic) bond motifs is 1. The summed E-state index contributed by atoms with van der Waals surface area (Å²) in [7, 11) is 1.93. The molecule has 158 valence electrons. The highest BCUT2D eigenvalue weighted by molar-refractivity contribution is 6.12. The van der Waals surface area contributed by atoms with Crippen LogP contribution in [0.2, 0.25) is 0 Å². The first kappa shape index (κ1) is 21.7. The van der Waals surface area contributed by atoms with Gasteiger partial charge in [0.25, 0.3) is 11.4 Å². The molecule has 0 bridgehead atoms. The van der Waals surface area contributed by atoms with Crippen LogP contribution in [-0.4, -0.2) is 42.8 Å². The van der Waals surface area contributed by atoms with Crippen LogP contribution in [0.4, 0.5) is 5.69 Å². The molecule has 5 heteroatoms. The minimum atomic E-state index is -1.94. The lowest BCUT2D eigenvalue weighted by molar-refractivity contribution is -0.141. The maximum Gasteiger partial charge on any atom is 0.254 e. The molecule has 3 rings (SSSR count). The second-order valence-electron chi connectivity index (χ2n) is 7.72. The molecule has 1 aliphatic carbocycles. The fraction of sp³-hybridized carbons (Fsp3) is 0.400. The monoisotopic (exact) mass is 407 g/mol. The van der Waals surface area contributed by atoms with Gasteiger partial charge in [-0.05, 0) is 37.6 Å². The van der Waals surface area contributed by atoms with Crippen LogP contribution in [0.15, 0.2) is 54.0 Å². The fourth-order valence-electron chi connectivity index (χ4n) is 3.32. The number of aliphatic hydroxyl groups is 1. The van der Waals surface area contributed by atoms with E-state index in [4.69, 9.17) is 9.47 Å². The Hall–Kier alpha value is -2.97. The molecule has 1 unspecified atom stereocenters. The maximum absolute atomic E-state index is 12.6. The average Bonchev–Trinajstić information content (AvgIpc) is 2.74. The molecule has 2 aromatic rings. The molecule has 5 nitrogen and oxygen atoms in total. The molecule has 0 aromatic heterocycles. The highest BCUT2D eigenvalue weighted by Crippen LogP contribution is 2.37. The molecule has 0 aliphatic heterocycles.